The highest BCUT2D eigenvalue weighted by Gasteiger charge is 2.08. The van der Waals surface area contributed by atoms with Crippen LogP contribution in [0, 0.1) is 6.92 Å². The summed E-state index contributed by atoms with van der Waals surface area (Å²) in [7, 11) is 0. The predicted octanol–water partition coefficient (Wildman–Crippen LogP) is 3.53. The van der Waals surface area contributed by atoms with Gasteiger partial charge >= 0.3 is 0 Å². The highest BCUT2D eigenvalue weighted by Crippen LogP contribution is 2.23. The van der Waals surface area contributed by atoms with Crippen molar-refractivity contribution in [3.05, 3.63) is 52.2 Å². The van der Waals surface area contributed by atoms with Gasteiger partial charge in [0.15, 0.2) is 0 Å². The van der Waals surface area contributed by atoms with E-state index in [1.807, 2.05) is 25.1 Å². The Labute approximate surface area is 134 Å². The Balaban J connectivity index is 1.95. The molecule has 106 valence electrons. The predicted molar refractivity (Wildman–Crippen MR) is 84.1 cm³/mol. The van der Waals surface area contributed by atoms with Crippen molar-refractivity contribution in [1.29, 1.82) is 0 Å². The van der Waals surface area contributed by atoms with Crippen molar-refractivity contribution in [3.63, 3.8) is 0 Å². The molecule has 0 spiro atoms. The second kappa shape index (κ2) is 5.79. The van der Waals surface area contributed by atoms with E-state index >= 15 is 0 Å². The summed E-state index contributed by atoms with van der Waals surface area (Å²) in [5.74, 6) is 0.786. The number of benzene rings is 1. The first-order valence-electron chi connectivity index (χ1n) is 6.05. The number of rotatable bonds is 3. The van der Waals surface area contributed by atoms with Crippen LogP contribution in [0.25, 0.3) is 5.95 Å². The molecule has 0 aliphatic heterocycles. The maximum absolute atomic E-state index is 5.95. The number of halogens is 2. The summed E-state index contributed by atoms with van der Waals surface area (Å²) < 4.78 is 2.67. The molecule has 21 heavy (non-hydrogen) atoms. The first kappa shape index (κ1) is 14.0. The maximum atomic E-state index is 5.95. The average molecular weight is 366 g/mol. The van der Waals surface area contributed by atoms with Gasteiger partial charge in [-0.25, -0.2) is 4.98 Å². The van der Waals surface area contributed by atoms with Crippen molar-refractivity contribution in [2.24, 2.45) is 0 Å². The molecule has 0 aliphatic rings. The third-order valence-corrected chi connectivity index (χ3v) is 3.43. The Morgan fingerprint density at radius 1 is 1.24 bits per heavy atom. The van der Waals surface area contributed by atoms with Gasteiger partial charge in [-0.05, 0) is 42.3 Å². The number of hydrogen-bond acceptors (Lipinski definition) is 5. The van der Waals surface area contributed by atoms with Crippen molar-refractivity contribution < 1.29 is 0 Å². The van der Waals surface area contributed by atoms with E-state index in [4.69, 9.17) is 11.6 Å². The highest BCUT2D eigenvalue weighted by molar-refractivity contribution is 9.10. The van der Waals surface area contributed by atoms with Crippen molar-refractivity contribution in [2.45, 2.75) is 6.92 Å². The lowest BCUT2D eigenvalue weighted by Crippen LogP contribution is -2.06. The molecule has 0 saturated heterocycles. The van der Waals surface area contributed by atoms with Crippen LogP contribution < -0.4 is 5.32 Å². The molecule has 0 fully saturated rings. The first-order chi connectivity index (χ1) is 10.1. The number of hydrogen-bond donors (Lipinski definition) is 1. The lowest BCUT2D eigenvalue weighted by atomic mass is 10.2. The van der Waals surface area contributed by atoms with E-state index in [2.05, 4.69) is 41.2 Å². The van der Waals surface area contributed by atoms with Crippen molar-refractivity contribution in [3.8, 4) is 5.95 Å². The van der Waals surface area contributed by atoms with E-state index in [0.717, 1.165) is 15.7 Å². The topological polar surface area (TPSA) is 68.5 Å². The van der Waals surface area contributed by atoms with Crippen LogP contribution in [0.4, 0.5) is 11.6 Å². The SMILES string of the molecule is Cc1cc(Br)ccc1Nc1nc(Cl)nc(-n2ccnc2)n1. The normalized spacial score (nSPS) is 10.6. The number of imidazole rings is 1. The number of aryl methyl sites for hydroxylation is 1. The van der Waals surface area contributed by atoms with Crippen LogP contribution >= 0.6 is 27.5 Å². The largest absolute Gasteiger partial charge is 0.324 e. The van der Waals surface area contributed by atoms with Crippen LogP contribution in [-0.4, -0.2) is 24.5 Å². The second-order valence-electron chi connectivity index (χ2n) is 4.28. The van der Waals surface area contributed by atoms with Crippen molar-refractivity contribution in [1.82, 2.24) is 24.5 Å². The maximum Gasteiger partial charge on any atom is 0.241 e. The Hall–Kier alpha value is -1.99. The van der Waals surface area contributed by atoms with Gasteiger partial charge in [-0.1, -0.05) is 15.9 Å². The molecular formula is C13H10BrClN6. The molecule has 0 unspecified atom stereocenters. The molecule has 0 aliphatic carbocycles. The van der Waals surface area contributed by atoms with Gasteiger partial charge in [-0.3, -0.25) is 4.57 Å². The van der Waals surface area contributed by atoms with Crippen LogP contribution in [0.3, 0.4) is 0 Å². The molecule has 0 radical (unpaired) electrons. The summed E-state index contributed by atoms with van der Waals surface area (Å²) in [6.45, 7) is 1.99. The molecule has 1 N–H and O–H groups in total. The Bertz CT molecular complexity index is 774. The zero-order valence-corrected chi connectivity index (χ0v) is 13.3. The third kappa shape index (κ3) is 3.20. The zero-order chi connectivity index (χ0) is 14.8. The van der Waals surface area contributed by atoms with Crippen LogP contribution in [0.2, 0.25) is 5.28 Å². The summed E-state index contributed by atoms with van der Waals surface area (Å²) in [6.07, 6.45) is 4.98. The monoisotopic (exact) mass is 364 g/mol. The minimum absolute atomic E-state index is 0.117. The van der Waals surface area contributed by atoms with Gasteiger partial charge in [0.05, 0.1) is 0 Å². The second-order valence-corrected chi connectivity index (χ2v) is 5.54. The zero-order valence-electron chi connectivity index (χ0n) is 11.0. The molecule has 0 bridgehead atoms. The summed E-state index contributed by atoms with van der Waals surface area (Å²) in [6, 6.07) is 5.88. The van der Waals surface area contributed by atoms with Gasteiger partial charge in [-0.15, -0.1) is 0 Å². The molecule has 6 nitrogen and oxygen atoms in total. The van der Waals surface area contributed by atoms with E-state index in [1.54, 1.807) is 23.3 Å². The minimum atomic E-state index is 0.117. The third-order valence-electron chi connectivity index (χ3n) is 2.77. The van der Waals surface area contributed by atoms with Gasteiger partial charge < -0.3 is 5.32 Å². The van der Waals surface area contributed by atoms with Gasteiger partial charge in [0.1, 0.15) is 6.33 Å². The van der Waals surface area contributed by atoms with E-state index < -0.39 is 0 Å². The lowest BCUT2D eigenvalue weighted by Gasteiger charge is -2.09. The highest BCUT2D eigenvalue weighted by atomic mass is 79.9. The van der Waals surface area contributed by atoms with Gasteiger partial charge in [0.25, 0.3) is 0 Å². The van der Waals surface area contributed by atoms with Gasteiger partial charge in [0.2, 0.25) is 17.2 Å². The minimum Gasteiger partial charge on any atom is -0.324 e. The molecular weight excluding hydrogens is 356 g/mol. The van der Waals surface area contributed by atoms with E-state index in [1.165, 1.54) is 0 Å². The van der Waals surface area contributed by atoms with Gasteiger partial charge in [-0.2, -0.15) is 15.0 Å². The summed E-state index contributed by atoms with van der Waals surface area (Å²) >= 11 is 9.39. The van der Waals surface area contributed by atoms with Crippen molar-refractivity contribution in [2.75, 3.05) is 5.32 Å². The van der Waals surface area contributed by atoms with Crippen LogP contribution in [-0.2, 0) is 0 Å². The van der Waals surface area contributed by atoms with Crippen LogP contribution in [0.15, 0.2) is 41.4 Å². The Kier molecular flexibility index (Phi) is 3.85. The summed E-state index contributed by atoms with van der Waals surface area (Å²) in [4.78, 5) is 16.5. The molecule has 0 amide bonds. The number of aromatic nitrogens is 5. The molecule has 2 aromatic heterocycles. The summed E-state index contributed by atoms with van der Waals surface area (Å²) in [5.41, 5.74) is 1.96. The van der Waals surface area contributed by atoms with E-state index in [0.29, 0.717) is 11.9 Å². The summed E-state index contributed by atoms with van der Waals surface area (Å²) in [5, 5.41) is 3.26. The smallest absolute Gasteiger partial charge is 0.241 e. The van der Waals surface area contributed by atoms with E-state index in [-0.39, 0.29) is 5.28 Å². The van der Waals surface area contributed by atoms with Crippen LogP contribution in [0.1, 0.15) is 5.56 Å². The fourth-order valence-electron chi connectivity index (χ4n) is 1.78. The molecule has 3 aromatic rings. The van der Waals surface area contributed by atoms with Crippen LogP contribution in [0.5, 0.6) is 0 Å². The first-order valence-corrected chi connectivity index (χ1v) is 7.22. The Morgan fingerprint density at radius 3 is 2.81 bits per heavy atom. The average Bonchev–Trinajstić information content (AvgIpc) is 2.95. The lowest BCUT2D eigenvalue weighted by molar-refractivity contribution is 0.899. The van der Waals surface area contributed by atoms with E-state index in [9.17, 15) is 0 Å². The molecule has 0 atom stereocenters. The fraction of sp³-hybridized carbons (Fsp3) is 0.0769. The standard InChI is InChI=1S/C13H10BrClN6/c1-8-6-9(14)2-3-10(8)17-12-18-11(15)19-13(20-12)21-5-4-16-7-21/h2-7H,1H3,(H,17,18,19,20). The number of nitrogens with one attached hydrogen (secondary N) is 1. The molecule has 1 aromatic carbocycles. The molecule has 3 rings (SSSR count). The fourth-order valence-corrected chi connectivity index (χ4v) is 2.41. The molecule has 0 saturated carbocycles. The molecule has 8 heteroatoms. The number of anilines is 2. The van der Waals surface area contributed by atoms with Crippen molar-refractivity contribution >= 4 is 39.2 Å². The number of nitrogens with zero attached hydrogens (tertiary/aromatic N) is 5. The van der Waals surface area contributed by atoms with Gasteiger partial charge in [0, 0.05) is 22.6 Å². The molecule has 2 heterocycles. The quantitative estimate of drug-likeness (QED) is 0.769. The Morgan fingerprint density at radius 2 is 2.10 bits per heavy atom.